The first-order valence-corrected chi connectivity index (χ1v) is 8.42. The number of hydrogen-bond donors (Lipinski definition) is 0. The maximum Gasteiger partial charge on any atom is 0.133 e. The SMILES string of the molecule is O=C1CC[C@@]2(Cc3ccccc3)c3ccccc3CC[C@@H]2C1. The molecule has 0 bridgehead atoms. The van der Waals surface area contributed by atoms with Gasteiger partial charge < -0.3 is 0 Å². The van der Waals surface area contributed by atoms with Crippen LogP contribution in [0.3, 0.4) is 0 Å². The maximum absolute atomic E-state index is 12.0. The maximum atomic E-state index is 12.0. The molecule has 0 unspecified atom stereocenters. The van der Waals surface area contributed by atoms with Gasteiger partial charge in [-0.25, -0.2) is 0 Å². The Kier molecular flexibility index (Phi) is 3.37. The Morgan fingerprint density at radius 2 is 1.73 bits per heavy atom. The predicted octanol–water partition coefficient (Wildman–Crippen LogP) is 4.48. The van der Waals surface area contributed by atoms with Crippen LogP contribution >= 0.6 is 0 Å². The number of hydrogen-bond acceptors (Lipinski definition) is 1. The molecule has 1 nitrogen and oxygen atoms in total. The van der Waals surface area contributed by atoms with Crippen molar-refractivity contribution in [2.75, 3.05) is 0 Å². The van der Waals surface area contributed by atoms with E-state index >= 15 is 0 Å². The largest absolute Gasteiger partial charge is 0.300 e. The molecule has 0 heterocycles. The van der Waals surface area contributed by atoms with Crippen molar-refractivity contribution in [1.82, 2.24) is 0 Å². The molecule has 2 aromatic carbocycles. The fourth-order valence-electron chi connectivity index (χ4n) is 4.71. The fourth-order valence-corrected chi connectivity index (χ4v) is 4.71. The number of aryl methyl sites for hydroxylation is 1. The van der Waals surface area contributed by atoms with Gasteiger partial charge in [0, 0.05) is 18.3 Å². The first kappa shape index (κ1) is 13.8. The lowest BCUT2D eigenvalue weighted by Gasteiger charge is -2.48. The molecule has 112 valence electrons. The summed E-state index contributed by atoms with van der Waals surface area (Å²) in [6.45, 7) is 0. The summed E-state index contributed by atoms with van der Waals surface area (Å²) in [6.07, 6.45) is 5.91. The lowest BCUT2D eigenvalue weighted by molar-refractivity contribution is -0.123. The van der Waals surface area contributed by atoms with Crippen molar-refractivity contribution in [3.63, 3.8) is 0 Å². The average molecular weight is 290 g/mol. The average Bonchev–Trinajstić information content (AvgIpc) is 2.56. The minimum absolute atomic E-state index is 0.171. The molecule has 0 aliphatic heterocycles. The Morgan fingerprint density at radius 3 is 2.59 bits per heavy atom. The molecule has 2 aliphatic carbocycles. The zero-order valence-corrected chi connectivity index (χ0v) is 12.9. The monoisotopic (exact) mass is 290 g/mol. The lowest BCUT2D eigenvalue weighted by Crippen LogP contribution is -2.45. The van der Waals surface area contributed by atoms with Crippen molar-refractivity contribution in [2.45, 2.75) is 43.9 Å². The van der Waals surface area contributed by atoms with E-state index in [1.807, 2.05) is 0 Å². The normalized spacial score (nSPS) is 27.1. The summed E-state index contributed by atoms with van der Waals surface area (Å²) in [5.41, 5.74) is 4.59. The van der Waals surface area contributed by atoms with Gasteiger partial charge in [0.2, 0.25) is 0 Å². The molecule has 0 radical (unpaired) electrons. The summed E-state index contributed by atoms with van der Waals surface area (Å²) in [6, 6.07) is 19.7. The van der Waals surface area contributed by atoms with Crippen LogP contribution in [0, 0.1) is 5.92 Å². The van der Waals surface area contributed by atoms with Crippen molar-refractivity contribution in [3.8, 4) is 0 Å². The van der Waals surface area contributed by atoms with Crippen molar-refractivity contribution in [2.24, 2.45) is 5.92 Å². The third-order valence-corrected chi connectivity index (χ3v) is 5.78. The molecule has 4 rings (SSSR count). The molecule has 0 aromatic heterocycles. The zero-order chi connectivity index (χ0) is 15.0. The van der Waals surface area contributed by atoms with E-state index < -0.39 is 0 Å². The van der Waals surface area contributed by atoms with Gasteiger partial charge in [-0.3, -0.25) is 4.79 Å². The second kappa shape index (κ2) is 5.39. The molecular weight excluding hydrogens is 268 g/mol. The van der Waals surface area contributed by atoms with Crippen LogP contribution in [0.15, 0.2) is 54.6 Å². The zero-order valence-electron chi connectivity index (χ0n) is 12.9. The molecule has 2 atom stereocenters. The van der Waals surface area contributed by atoms with E-state index in [-0.39, 0.29) is 5.41 Å². The molecule has 1 heteroatoms. The Bertz CT molecular complexity index is 688. The van der Waals surface area contributed by atoms with E-state index in [0.717, 1.165) is 38.5 Å². The summed E-state index contributed by atoms with van der Waals surface area (Å²) in [5, 5.41) is 0. The third-order valence-electron chi connectivity index (χ3n) is 5.78. The Balaban J connectivity index is 1.81. The van der Waals surface area contributed by atoms with Crippen molar-refractivity contribution in [1.29, 1.82) is 0 Å². The molecule has 1 fully saturated rings. The van der Waals surface area contributed by atoms with Crippen molar-refractivity contribution in [3.05, 3.63) is 71.3 Å². The number of carbonyl (C=O) groups excluding carboxylic acids is 1. The van der Waals surface area contributed by atoms with Gasteiger partial charge in [-0.05, 0) is 48.3 Å². The Labute approximate surface area is 132 Å². The second-order valence-corrected chi connectivity index (χ2v) is 6.95. The number of carbonyl (C=O) groups is 1. The van der Waals surface area contributed by atoms with Gasteiger partial charge in [0.15, 0.2) is 0 Å². The van der Waals surface area contributed by atoms with Crippen LogP contribution < -0.4 is 0 Å². The number of benzene rings is 2. The van der Waals surface area contributed by atoms with Crippen LogP contribution in [0.2, 0.25) is 0 Å². The highest BCUT2D eigenvalue weighted by molar-refractivity contribution is 5.80. The standard InChI is InChI=1S/C21H22O/c22-19-12-13-21(15-16-6-2-1-3-7-16)18(14-19)11-10-17-8-4-5-9-20(17)21/h1-9,18H,10-15H2/t18-,21+/m1/s1. The van der Waals surface area contributed by atoms with Gasteiger partial charge in [-0.1, -0.05) is 54.6 Å². The molecule has 0 N–H and O–H groups in total. The second-order valence-electron chi connectivity index (χ2n) is 6.95. The van der Waals surface area contributed by atoms with Crippen LogP contribution in [-0.4, -0.2) is 5.78 Å². The summed E-state index contributed by atoms with van der Waals surface area (Å²) >= 11 is 0. The summed E-state index contributed by atoms with van der Waals surface area (Å²) in [7, 11) is 0. The van der Waals surface area contributed by atoms with E-state index in [2.05, 4.69) is 54.6 Å². The number of ketones is 1. The van der Waals surface area contributed by atoms with Crippen LogP contribution in [0.25, 0.3) is 0 Å². The van der Waals surface area contributed by atoms with Crippen LogP contribution in [-0.2, 0) is 23.1 Å². The van der Waals surface area contributed by atoms with Crippen molar-refractivity contribution >= 4 is 5.78 Å². The van der Waals surface area contributed by atoms with Gasteiger partial charge >= 0.3 is 0 Å². The quantitative estimate of drug-likeness (QED) is 0.797. The van der Waals surface area contributed by atoms with Crippen LogP contribution in [0.5, 0.6) is 0 Å². The molecule has 0 saturated heterocycles. The Morgan fingerprint density at radius 1 is 0.955 bits per heavy atom. The molecule has 0 spiro atoms. The first-order chi connectivity index (χ1) is 10.8. The van der Waals surface area contributed by atoms with Gasteiger partial charge in [0.25, 0.3) is 0 Å². The molecule has 2 aliphatic rings. The lowest BCUT2D eigenvalue weighted by atomic mass is 9.55. The number of Topliss-reactive ketones (excluding diaryl/α,β-unsaturated/α-hetero) is 1. The molecular formula is C21H22O. The highest BCUT2D eigenvalue weighted by Gasteiger charge is 2.47. The van der Waals surface area contributed by atoms with Gasteiger partial charge in [-0.15, -0.1) is 0 Å². The van der Waals surface area contributed by atoms with E-state index in [9.17, 15) is 4.79 Å². The van der Waals surface area contributed by atoms with Gasteiger partial charge in [0.1, 0.15) is 5.78 Å². The van der Waals surface area contributed by atoms with Crippen molar-refractivity contribution < 1.29 is 4.79 Å². The first-order valence-electron chi connectivity index (χ1n) is 8.42. The van der Waals surface area contributed by atoms with E-state index in [1.54, 1.807) is 0 Å². The Hall–Kier alpha value is -1.89. The van der Waals surface area contributed by atoms with E-state index in [0.29, 0.717) is 11.7 Å². The molecule has 22 heavy (non-hydrogen) atoms. The van der Waals surface area contributed by atoms with E-state index in [4.69, 9.17) is 0 Å². The smallest absolute Gasteiger partial charge is 0.133 e. The fraction of sp³-hybridized carbons (Fsp3) is 0.381. The van der Waals surface area contributed by atoms with Crippen LogP contribution in [0.1, 0.15) is 42.4 Å². The molecule has 0 amide bonds. The number of fused-ring (bicyclic) bond motifs is 3. The van der Waals surface area contributed by atoms with E-state index in [1.165, 1.54) is 16.7 Å². The topological polar surface area (TPSA) is 17.1 Å². The molecule has 1 saturated carbocycles. The molecule has 2 aromatic rings. The summed E-state index contributed by atoms with van der Waals surface area (Å²) in [5.74, 6) is 0.983. The minimum atomic E-state index is 0.171. The van der Waals surface area contributed by atoms with Gasteiger partial charge in [-0.2, -0.15) is 0 Å². The number of rotatable bonds is 2. The highest BCUT2D eigenvalue weighted by Crippen LogP contribution is 2.51. The summed E-state index contributed by atoms with van der Waals surface area (Å²) < 4.78 is 0. The minimum Gasteiger partial charge on any atom is -0.300 e. The van der Waals surface area contributed by atoms with Gasteiger partial charge in [0.05, 0.1) is 0 Å². The van der Waals surface area contributed by atoms with Crippen LogP contribution in [0.4, 0.5) is 0 Å². The predicted molar refractivity (Wildman–Crippen MR) is 88.9 cm³/mol. The highest BCUT2D eigenvalue weighted by atomic mass is 16.1. The third kappa shape index (κ3) is 2.20. The summed E-state index contributed by atoms with van der Waals surface area (Å²) in [4.78, 5) is 12.0.